The molecule has 0 heterocycles. The number of benzene rings is 2. The van der Waals surface area contributed by atoms with Gasteiger partial charge in [0.25, 0.3) is 0 Å². The molecule has 0 fully saturated rings. The van der Waals surface area contributed by atoms with E-state index in [9.17, 15) is 4.39 Å². The highest BCUT2D eigenvalue weighted by Gasteiger charge is 2.09. The molecule has 0 aliphatic carbocycles. The topological polar surface area (TPSA) is 9.23 Å². The van der Waals surface area contributed by atoms with Crippen LogP contribution in [-0.4, -0.2) is 7.11 Å². The van der Waals surface area contributed by atoms with Gasteiger partial charge in [0.1, 0.15) is 11.6 Å². The third kappa shape index (κ3) is 1.91. The van der Waals surface area contributed by atoms with Gasteiger partial charge in [0.05, 0.1) is 7.11 Å². The lowest BCUT2D eigenvalue weighted by Crippen LogP contribution is -1.90. The minimum atomic E-state index is -0.232. The zero-order chi connectivity index (χ0) is 11.5. The third-order valence-electron chi connectivity index (χ3n) is 2.52. The van der Waals surface area contributed by atoms with Gasteiger partial charge in [-0.1, -0.05) is 30.3 Å². The summed E-state index contributed by atoms with van der Waals surface area (Å²) in [6, 6.07) is 12.4. The Hall–Kier alpha value is -1.83. The molecular formula is C14H13FO. The van der Waals surface area contributed by atoms with Gasteiger partial charge in [-0.05, 0) is 24.6 Å². The fourth-order valence-corrected chi connectivity index (χ4v) is 1.70. The van der Waals surface area contributed by atoms with Crippen LogP contribution < -0.4 is 4.74 Å². The van der Waals surface area contributed by atoms with E-state index < -0.39 is 0 Å². The van der Waals surface area contributed by atoms with Gasteiger partial charge in [-0.25, -0.2) is 4.39 Å². The van der Waals surface area contributed by atoms with Crippen molar-refractivity contribution >= 4 is 0 Å². The molecule has 2 aromatic carbocycles. The fraction of sp³-hybridized carbons (Fsp3) is 0.143. The largest absolute Gasteiger partial charge is 0.496 e. The summed E-state index contributed by atoms with van der Waals surface area (Å²) < 4.78 is 18.9. The molecule has 0 radical (unpaired) electrons. The molecule has 0 saturated carbocycles. The lowest BCUT2D eigenvalue weighted by molar-refractivity contribution is 0.416. The Kier molecular flexibility index (Phi) is 2.91. The summed E-state index contributed by atoms with van der Waals surface area (Å²) >= 11 is 0. The third-order valence-corrected chi connectivity index (χ3v) is 2.52. The van der Waals surface area contributed by atoms with E-state index in [1.54, 1.807) is 19.2 Å². The molecule has 0 atom stereocenters. The van der Waals surface area contributed by atoms with Crippen LogP contribution in [0.1, 0.15) is 5.56 Å². The van der Waals surface area contributed by atoms with Gasteiger partial charge in [-0.15, -0.1) is 0 Å². The number of rotatable bonds is 2. The minimum Gasteiger partial charge on any atom is -0.496 e. The molecular weight excluding hydrogens is 203 g/mol. The molecule has 0 saturated heterocycles. The zero-order valence-electron chi connectivity index (χ0n) is 9.33. The van der Waals surface area contributed by atoms with E-state index in [1.165, 1.54) is 6.07 Å². The molecule has 0 aromatic heterocycles. The van der Waals surface area contributed by atoms with Crippen molar-refractivity contribution in [1.82, 2.24) is 0 Å². The predicted molar refractivity (Wildman–Crippen MR) is 63.1 cm³/mol. The van der Waals surface area contributed by atoms with Crippen LogP contribution in [0.3, 0.4) is 0 Å². The van der Waals surface area contributed by atoms with Gasteiger partial charge in [0.15, 0.2) is 0 Å². The Labute approximate surface area is 94.5 Å². The number of hydrogen-bond acceptors (Lipinski definition) is 1. The molecule has 0 N–H and O–H groups in total. The van der Waals surface area contributed by atoms with Crippen molar-refractivity contribution in [2.45, 2.75) is 6.92 Å². The van der Waals surface area contributed by atoms with Gasteiger partial charge < -0.3 is 4.74 Å². The molecule has 2 heteroatoms. The van der Waals surface area contributed by atoms with Crippen molar-refractivity contribution in [3.63, 3.8) is 0 Å². The molecule has 0 amide bonds. The van der Waals surface area contributed by atoms with Gasteiger partial charge in [0, 0.05) is 11.1 Å². The molecule has 0 unspecified atom stereocenters. The van der Waals surface area contributed by atoms with Crippen LogP contribution in [-0.2, 0) is 0 Å². The van der Waals surface area contributed by atoms with Crippen LogP contribution in [0.5, 0.6) is 5.75 Å². The first-order chi connectivity index (χ1) is 7.72. The van der Waals surface area contributed by atoms with Crippen LogP contribution in [0.25, 0.3) is 11.1 Å². The summed E-state index contributed by atoms with van der Waals surface area (Å²) in [5.74, 6) is 0.467. The highest BCUT2D eigenvalue weighted by atomic mass is 19.1. The standard InChI is InChI=1S/C14H13FO/c1-10-7-8-12(14(9-10)16-2)11-5-3-4-6-13(11)15/h3-9H,1-2H3. The Morgan fingerprint density at radius 1 is 1.00 bits per heavy atom. The van der Waals surface area contributed by atoms with Gasteiger partial charge in [0.2, 0.25) is 0 Å². The van der Waals surface area contributed by atoms with Crippen molar-refractivity contribution in [3.8, 4) is 16.9 Å². The first-order valence-corrected chi connectivity index (χ1v) is 5.12. The summed E-state index contributed by atoms with van der Waals surface area (Å²) in [4.78, 5) is 0. The molecule has 2 aromatic rings. The van der Waals surface area contributed by atoms with E-state index >= 15 is 0 Å². The van der Waals surface area contributed by atoms with E-state index in [2.05, 4.69) is 0 Å². The molecule has 2 rings (SSSR count). The van der Waals surface area contributed by atoms with Crippen molar-refractivity contribution in [2.24, 2.45) is 0 Å². The lowest BCUT2D eigenvalue weighted by atomic mass is 10.0. The first-order valence-electron chi connectivity index (χ1n) is 5.12. The Morgan fingerprint density at radius 3 is 2.44 bits per heavy atom. The lowest BCUT2D eigenvalue weighted by Gasteiger charge is -2.10. The van der Waals surface area contributed by atoms with Crippen molar-refractivity contribution in [2.75, 3.05) is 7.11 Å². The van der Waals surface area contributed by atoms with Gasteiger partial charge in [-0.2, -0.15) is 0 Å². The van der Waals surface area contributed by atoms with Gasteiger partial charge in [-0.3, -0.25) is 0 Å². The van der Waals surface area contributed by atoms with Crippen LogP contribution in [0.15, 0.2) is 42.5 Å². The first kappa shape index (κ1) is 10.7. The molecule has 82 valence electrons. The highest BCUT2D eigenvalue weighted by molar-refractivity contribution is 5.71. The number of methoxy groups -OCH3 is 1. The minimum absolute atomic E-state index is 0.232. The molecule has 0 aliphatic heterocycles. The Morgan fingerprint density at radius 2 is 1.75 bits per heavy atom. The maximum Gasteiger partial charge on any atom is 0.131 e. The normalized spacial score (nSPS) is 10.2. The number of aryl methyl sites for hydroxylation is 1. The van der Waals surface area contributed by atoms with Crippen molar-refractivity contribution < 1.29 is 9.13 Å². The molecule has 1 nitrogen and oxygen atoms in total. The number of hydrogen-bond donors (Lipinski definition) is 0. The van der Waals surface area contributed by atoms with E-state index in [1.807, 2.05) is 31.2 Å². The molecule has 0 spiro atoms. The number of halogens is 1. The Bertz CT molecular complexity index is 506. The average molecular weight is 216 g/mol. The van der Waals surface area contributed by atoms with Crippen LogP contribution in [0.4, 0.5) is 4.39 Å². The average Bonchev–Trinajstić information content (AvgIpc) is 2.30. The van der Waals surface area contributed by atoms with Crippen molar-refractivity contribution in [1.29, 1.82) is 0 Å². The van der Waals surface area contributed by atoms with Crippen LogP contribution in [0, 0.1) is 12.7 Å². The quantitative estimate of drug-likeness (QED) is 0.741. The summed E-state index contributed by atoms with van der Waals surface area (Å²) in [7, 11) is 1.60. The second kappa shape index (κ2) is 4.35. The highest BCUT2D eigenvalue weighted by Crippen LogP contribution is 2.32. The maximum absolute atomic E-state index is 13.6. The van der Waals surface area contributed by atoms with E-state index in [-0.39, 0.29) is 5.82 Å². The van der Waals surface area contributed by atoms with Gasteiger partial charge >= 0.3 is 0 Å². The summed E-state index contributed by atoms with van der Waals surface area (Å²) in [5, 5.41) is 0. The summed E-state index contributed by atoms with van der Waals surface area (Å²) in [5.41, 5.74) is 2.45. The second-order valence-corrected chi connectivity index (χ2v) is 3.68. The van der Waals surface area contributed by atoms with Crippen LogP contribution in [0.2, 0.25) is 0 Å². The van der Waals surface area contributed by atoms with E-state index in [0.29, 0.717) is 11.3 Å². The molecule has 0 aliphatic rings. The molecule has 0 bridgehead atoms. The van der Waals surface area contributed by atoms with E-state index in [4.69, 9.17) is 4.74 Å². The molecule has 16 heavy (non-hydrogen) atoms. The summed E-state index contributed by atoms with van der Waals surface area (Å²) in [6.45, 7) is 1.98. The Balaban J connectivity index is 2.60. The monoisotopic (exact) mass is 216 g/mol. The maximum atomic E-state index is 13.6. The second-order valence-electron chi connectivity index (χ2n) is 3.68. The fourth-order valence-electron chi connectivity index (χ4n) is 1.70. The van der Waals surface area contributed by atoms with Crippen molar-refractivity contribution in [3.05, 3.63) is 53.8 Å². The predicted octanol–water partition coefficient (Wildman–Crippen LogP) is 3.81. The number of ether oxygens (including phenoxy) is 1. The smallest absolute Gasteiger partial charge is 0.131 e. The van der Waals surface area contributed by atoms with E-state index in [0.717, 1.165) is 11.1 Å². The van der Waals surface area contributed by atoms with Crippen LogP contribution >= 0.6 is 0 Å². The summed E-state index contributed by atoms with van der Waals surface area (Å²) in [6.07, 6.45) is 0. The zero-order valence-corrected chi connectivity index (χ0v) is 9.33. The SMILES string of the molecule is COc1cc(C)ccc1-c1ccccc1F.